The Labute approximate surface area is 135 Å². The van der Waals surface area contributed by atoms with Gasteiger partial charge in [-0.25, -0.2) is 9.37 Å². The van der Waals surface area contributed by atoms with E-state index in [1.165, 1.54) is 11.1 Å². The smallest absolute Gasteiger partial charge is 0.137 e. The van der Waals surface area contributed by atoms with Crippen molar-refractivity contribution in [2.24, 2.45) is 0 Å². The fourth-order valence-corrected chi connectivity index (χ4v) is 3.47. The van der Waals surface area contributed by atoms with Crippen LogP contribution >= 0.6 is 0 Å². The third-order valence-corrected chi connectivity index (χ3v) is 4.79. The molecule has 4 rings (SSSR count). The quantitative estimate of drug-likeness (QED) is 0.790. The lowest BCUT2D eigenvalue weighted by Crippen LogP contribution is -2.32. The molecule has 1 aliphatic rings. The van der Waals surface area contributed by atoms with Gasteiger partial charge in [0.15, 0.2) is 0 Å². The fraction of sp³-hybridized carbons (Fsp3) is 0.316. The molecule has 118 valence electrons. The van der Waals surface area contributed by atoms with Crippen LogP contribution in [0.15, 0.2) is 48.7 Å². The van der Waals surface area contributed by atoms with Gasteiger partial charge in [-0.1, -0.05) is 18.2 Å². The molecule has 0 unspecified atom stereocenters. The zero-order valence-electron chi connectivity index (χ0n) is 13.0. The molecule has 0 bridgehead atoms. The van der Waals surface area contributed by atoms with E-state index in [4.69, 9.17) is 0 Å². The molecule has 3 heterocycles. The van der Waals surface area contributed by atoms with Crippen LogP contribution in [0.25, 0.3) is 11.0 Å². The second-order valence-electron chi connectivity index (χ2n) is 6.31. The van der Waals surface area contributed by atoms with Crippen LogP contribution in [-0.2, 0) is 6.54 Å². The minimum Gasteiger partial charge on any atom is -0.343 e. The monoisotopic (exact) mass is 309 g/mol. The number of nitrogens with zero attached hydrogens (tertiary/aromatic N) is 2. The van der Waals surface area contributed by atoms with E-state index in [1.807, 2.05) is 24.4 Å². The first-order chi connectivity index (χ1) is 11.3. The van der Waals surface area contributed by atoms with Gasteiger partial charge in [0.25, 0.3) is 0 Å². The number of aromatic nitrogens is 2. The number of fused-ring (bicyclic) bond motifs is 1. The number of aromatic amines is 1. The molecule has 0 spiro atoms. The van der Waals surface area contributed by atoms with Crippen molar-refractivity contribution < 1.29 is 4.39 Å². The first kappa shape index (κ1) is 14.4. The van der Waals surface area contributed by atoms with Crippen molar-refractivity contribution in [2.75, 3.05) is 13.1 Å². The number of pyridine rings is 1. The Bertz CT molecular complexity index is 770. The van der Waals surface area contributed by atoms with Crippen LogP contribution in [0, 0.1) is 5.82 Å². The molecule has 0 aliphatic carbocycles. The summed E-state index contributed by atoms with van der Waals surface area (Å²) in [5.74, 6) is 0.442. The summed E-state index contributed by atoms with van der Waals surface area (Å²) in [4.78, 5) is 10.2. The largest absolute Gasteiger partial charge is 0.343 e. The average molecular weight is 309 g/mol. The maximum absolute atomic E-state index is 13.8. The van der Waals surface area contributed by atoms with Gasteiger partial charge in [0, 0.05) is 35.3 Å². The lowest BCUT2D eigenvalue weighted by Gasteiger charge is -2.31. The van der Waals surface area contributed by atoms with E-state index < -0.39 is 0 Å². The number of hydrogen-bond donors (Lipinski definition) is 1. The molecular formula is C19H20FN3. The van der Waals surface area contributed by atoms with Crippen LogP contribution in [-0.4, -0.2) is 28.0 Å². The number of rotatable bonds is 3. The molecule has 0 amide bonds. The zero-order chi connectivity index (χ0) is 15.6. The number of halogens is 1. The topological polar surface area (TPSA) is 31.9 Å². The van der Waals surface area contributed by atoms with Crippen LogP contribution in [0.4, 0.5) is 4.39 Å². The van der Waals surface area contributed by atoms with E-state index in [0.717, 1.165) is 37.1 Å². The molecule has 3 nitrogen and oxygen atoms in total. The molecular weight excluding hydrogens is 289 g/mol. The predicted molar refractivity (Wildman–Crippen MR) is 89.7 cm³/mol. The van der Waals surface area contributed by atoms with Crippen LogP contribution in [0.5, 0.6) is 0 Å². The molecule has 23 heavy (non-hydrogen) atoms. The van der Waals surface area contributed by atoms with Gasteiger partial charge in [0.2, 0.25) is 0 Å². The molecule has 0 atom stereocenters. The van der Waals surface area contributed by atoms with Crippen molar-refractivity contribution in [3.8, 4) is 0 Å². The first-order valence-electron chi connectivity index (χ1n) is 8.19. The summed E-state index contributed by atoms with van der Waals surface area (Å²) in [5.41, 5.74) is 3.04. The molecule has 4 heteroatoms. The Balaban J connectivity index is 1.41. The highest BCUT2D eigenvalue weighted by Gasteiger charge is 2.22. The minimum atomic E-state index is -0.101. The van der Waals surface area contributed by atoms with Gasteiger partial charge in [-0.15, -0.1) is 0 Å². The highest BCUT2D eigenvalue weighted by Crippen LogP contribution is 2.30. The van der Waals surface area contributed by atoms with Gasteiger partial charge in [-0.2, -0.15) is 0 Å². The Hall–Kier alpha value is -2.20. The molecule has 3 aromatic rings. The molecule has 0 saturated carbocycles. The molecule has 1 fully saturated rings. The number of likely N-dealkylation sites (tertiary alicyclic amines) is 1. The highest BCUT2D eigenvalue weighted by molar-refractivity contribution is 5.76. The number of benzene rings is 1. The van der Waals surface area contributed by atoms with Crippen molar-refractivity contribution >= 4 is 11.0 Å². The molecule has 0 radical (unpaired) electrons. The van der Waals surface area contributed by atoms with Gasteiger partial charge in [0.1, 0.15) is 11.5 Å². The summed E-state index contributed by atoms with van der Waals surface area (Å²) in [6.07, 6.45) is 4.02. The lowest BCUT2D eigenvalue weighted by atomic mass is 9.93. The van der Waals surface area contributed by atoms with Crippen LogP contribution in [0.2, 0.25) is 0 Å². The van der Waals surface area contributed by atoms with Gasteiger partial charge in [-0.05, 0) is 50.2 Å². The van der Waals surface area contributed by atoms with Crippen LogP contribution < -0.4 is 0 Å². The SMILES string of the molecule is Fc1ccccc1CN1CCC(c2cc3cccnc3[nH]2)CC1. The van der Waals surface area contributed by atoms with Crippen molar-refractivity contribution in [2.45, 2.75) is 25.3 Å². The molecule has 1 aliphatic heterocycles. The van der Waals surface area contributed by atoms with Crippen molar-refractivity contribution in [1.82, 2.24) is 14.9 Å². The zero-order valence-corrected chi connectivity index (χ0v) is 13.0. The maximum Gasteiger partial charge on any atom is 0.137 e. The summed E-state index contributed by atoms with van der Waals surface area (Å²) >= 11 is 0. The second kappa shape index (κ2) is 6.13. The molecule has 1 N–H and O–H groups in total. The van der Waals surface area contributed by atoms with E-state index >= 15 is 0 Å². The third-order valence-electron chi connectivity index (χ3n) is 4.79. The average Bonchev–Trinajstić information content (AvgIpc) is 3.02. The Kier molecular flexibility index (Phi) is 3.83. The summed E-state index contributed by atoms with van der Waals surface area (Å²) < 4.78 is 13.8. The summed E-state index contributed by atoms with van der Waals surface area (Å²) in [6, 6.07) is 13.4. The first-order valence-corrected chi connectivity index (χ1v) is 8.19. The van der Waals surface area contributed by atoms with Gasteiger partial charge in [0.05, 0.1) is 0 Å². The number of piperidine rings is 1. The number of H-pyrrole nitrogens is 1. The van der Waals surface area contributed by atoms with Crippen LogP contribution in [0.1, 0.15) is 30.0 Å². The third kappa shape index (κ3) is 2.99. The second-order valence-corrected chi connectivity index (χ2v) is 6.31. The van der Waals surface area contributed by atoms with E-state index in [0.29, 0.717) is 12.5 Å². The van der Waals surface area contributed by atoms with E-state index in [9.17, 15) is 4.39 Å². The summed E-state index contributed by atoms with van der Waals surface area (Å²) in [6.45, 7) is 2.71. The number of nitrogens with one attached hydrogen (secondary N) is 1. The minimum absolute atomic E-state index is 0.101. The standard InChI is InChI=1S/C19H20FN3/c20-17-6-2-1-4-16(17)13-23-10-7-14(8-11-23)18-12-15-5-3-9-21-19(15)22-18/h1-6,9,12,14H,7-8,10-11,13H2,(H,21,22). The maximum atomic E-state index is 13.8. The Morgan fingerprint density at radius 2 is 1.96 bits per heavy atom. The van der Waals surface area contributed by atoms with Gasteiger partial charge < -0.3 is 4.98 Å². The van der Waals surface area contributed by atoms with Crippen molar-refractivity contribution in [1.29, 1.82) is 0 Å². The lowest BCUT2D eigenvalue weighted by molar-refractivity contribution is 0.201. The van der Waals surface area contributed by atoms with Gasteiger partial charge in [-0.3, -0.25) is 4.90 Å². The van der Waals surface area contributed by atoms with Crippen molar-refractivity contribution in [3.05, 3.63) is 65.7 Å². The fourth-order valence-electron chi connectivity index (χ4n) is 3.47. The number of hydrogen-bond acceptors (Lipinski definition) is 2. The van der Waals surface area contributed by atoms with E-state index in [1.54, 1.807) is 12.1 Å². The van der Waals surface area contributed by atoms with Crippen molar-refractivity contribution in [3.63, 3.8) is 0 Å². The van der Waals surface area contributed by atoms with E-state index in [2.05, 4.69) is 27.0 Å². The Morgan fingerprint density at radius 1 is 1.13 bits per heavy atom. The molecule has 1 saturated heterocycles. The molecule has 1 aromatic carbocycles. The molecule has 2 aromatic heterocycles. The van der Waals surface area contributed by atoms with E-state index in [-0.39, 0.29) is 5.82 Å². The van der Waals surface area contributed by atoms with Gasteiger partial charge >= 0.3 is 0 Å². The van der Waals surface area contributed by atoms with Crippen LogP contribution in [0.3, 0.4) is 0 Å². The highest BCUT2D eigenvalue weighted by atomic mass is 19.1. The normalized spacial score (nSPS) is 16.9. The predicted octanol–water partition coefficient (Wildman–Crippen LogP) is 4.08. The summed E-state index contributed by atoms with van der Waals surface area (Å²) in [7, 11) is 0. The summed E-state index contributed by atoms with van der Waals surface area (Å²) in [5, 5.41) is 1.18. The Morgan fingerprint density at radius 3 is 2.74 bits per heavy atom.